The summed E-state index contributed by atoms with van der Waals surface area (Å²) >= 11 is 0. The lowest BCUT2D eigenvalue weighted by Gasteiger charge is -2.22. The molecule has 0 bridgehead atoms. The molecule has 0 fully saturated rings. The molecule has 0 aliphatic rings. The van der Waals surface area contributed by atoms with E-state index in [0.717, 1.165) is 34.6 Å². The third-order valence-electron chi connectivity index (χ3n) is 5.11. The summed E-state index contributed by atoms with van der Waals surface area (Å²) in [6.07, 6.45) is 2.97. The largest absolute Gasteiger partial charge is 0.381 e. The fraction of sp³-hybridized carbons (Fsp3) is 0.409. The number of H-pyrrole nitrogens is 1. The summed E-state index contributed by atoms with van der Waals surface area (Å²) in [5.41, 5.74) is 1.84. The number of imidazole rings is 1. The molecule has 0 saturated carbocycles. The molecule has 3 rings (SSSR count). The third kappa shape index (κ3) is 5.14. The topological polar surface area (TPSA) is 127 Å². The van der Waals surface area contributed by atoms with Crippen molar-refractivity contribution in [1.82, 2.24) is 20.8 Å². The summed E-state index contributed by atoms with van der Waals surface area (Å²) in [6.45, 7) is 2.89. The van der Waals surface area contributed by atoms with E-state index in [-0.39, 0.29) is 6.42 Å². The average Bonchev–Trinajstić information content (AvgIpc) is 3.16. The molecule has 2 aromatic carbocycles. The van der Waals surface area contributed by atoms with Crippen LogP contribution >= 0.6 is 0 Å². The van der Waals surface area contributed by atoms with Crippen LogP contribution in [0.1, 0.15) is 57.8 Å². The number of hydroxylamine groups is 1. The first-order valence-electron chi connectivity index (χ1n) is 10.1. The smallest absolute Gasteiger partial charge is 0.251 e. The molecule has 0 radical (unpaired) electrons. The number of carbonyl (C=O) groups is 2. The maximum Gasteiger partial charge on any atom is 0.251 e. The summed E-state index contributed by atoms with van der Waals surface area (Å²) < 4.78 is 0. The second-order valence-electron chi connectivity index (χ2n) is 8.02. The highest BCUT2D eigenvalue weighted by Crippen LogP contribution is 2.27. The van der Waals surface area contributed by atoms with E-state index in [1.165, 1.54) is 13.8 Å². The monoisotopic (exact) mass is 412 g/mol. The number of aromatic nitrogens is 2. The lowest BCUT2D eigenvalue weighted by atomic mass is 10.0. The standard InChI is InChI=1S/C22H28N4O4/c1-22(2,29)21(28)24-17(10-4-3-5-11-18(27)26-30)20-23-16-13-12-14-8-6-7-9-15(14)19(16)25-20/h6-9,12-13,17,29-30H,3-5,10-11H2,1-2H3,(H,23,25)(H,24,28)(H,26,27)/t17-/m0/s1. The van der Waals surface area contributed by atoms with Crippen molar-refractivity contribution >= 4 is 33.6 Å². The molecule has 0 saturated heterocycles. The fourth-order valence-electron chi connectivity index (χ4n) is 3.41. The van der Waals surface area contributed by atoms with Crippen molar-refractivity contribution in [3.05, 3.63) is 42.2 Å². The number of hydrogen-bond acceptors (Lipinski definition) is 5. The molecule has 8 nitrogen and oxygen atoms in total. The molecule has 160 valence electrons. The van der Waals surface area contributed by atoms with Crippen molar-refractivity contribution in [2.24, 2.45) is 0 Å². The van der Waals surface area contributed by atoms with E-state index in [4.69, 9.17) is 10.2 Å². The highest BCUT2D eigenvalue weighted by molar-refractivity contribution is 6.04. The van der Waals surface area contributed by atoms with Crippen LogP contribution in [-0.4, -0.2) is 37.7 Å². The van der Waals surface area contributed by atoms with Crippen LogP contribution in [0.15, 0.2) is 36.4 Å². The van der Waals surface area contributed by atoms with Crippen LogP contribution in [0.3, 0.4) is 0 Å². The first kappa shape index (κ1) is 21.7. The van der Waals surface area contributed by atoms with Crippen LogP contribution in [0.25, 0.3) is 21.8 Å². The molecule has 3 aromatic rings. The maximum absolute atomic E-state index is 12.4. The minimum absolute atomic E-state index is 0.244. The quantitative estimate of drug-likeness (QED) is 0.210. The molecule has 1 aromatic heterocycles. The Hall–Kier alpha value is -2.97. The summed E-state index contributed by atoms with van der Waals surface area (Å²) in [5.74, 6) is -0.254. The van der Waals surface area contributed by atoms with Gasteiger partial charge >= 0.3 is 0 Å². The summed E-state index contributed by atoms with van der Waals surface area (Å²) in [5, 5.41) is 23.6. The molecular weight excluding hydrogens is 384 g/mol. The second kappa shape index (κ2) is 9.23. The van der Waals surface area contributed by atoms with Crippen LogP contribution in [0, 0.1) is 0 Å². The van der Waals surface area contributed by atoms with Gasteiger partial charge in [0.2, 0.25) is 5.91 Å². The fourth-order valence-corrected chi connectivity index (χ4v) is 3.41. The van der Waals surface area contributed by atoms with Gasteiger partial charge in [-0.1, -0.05) is 43.2 Å². The van der Waals surface area contributed by atoms with Crippen molar-refractivity contribution < 1.29 is 19.9 Å². The van der Waals surface area contributed by atoms with Crippen LogP contribution in [0.2, 0.25) is 0 Å². The van der Waals surface area contributed by atoms with E-state index in [0.29, 0.717) is 18.7 Å². The van der Waals surface area contributed by atoms with Gasteiger partial charge in [-0.15, -0.1) is 0 Å². The summed E-state index contributed by atoms with van der Waals surface area (Å²) in [7, 11) is 0. The van der Waals surface area contributed by atoms with Gasteiger partial charge in [0.05, 0.1) is 17.1 Å². The third-order valence-corrected chi connectivity index (χ3v) is 5.11. The van der Waals surface area contributed by atoms with Crippen molar-refractivity contribution in [2.75, 3.05) is 0 Å². The molecule has 8 heteroatoms. The zero-order valence-corrected chi connectivity index (χ0v) is 17.2. The number of nitrogens with one attached hydrogen (secondary N) is 3. The number of nitrogens with zero attached hydrogens (tertiary/aromatic N) is 1. The molecule has 0 aliphatic carbocycles. The van der Waals surface area contributed by atoms with Gasteiger partial charge in [-0.25, -0.2) is 10.5 Å². The Morgan fingerprint density at radius 2 is 1.90 bits per heavy atom. The number of hydrogen-bond donors (Lipinski definition) is 5. The van der Waals surface area contributed by atoms with Gasteiger partial charge in [0.25, 0.3) is 5.91 Å². The lowest BCUT2D eigenvalue weighted by molar-refractivity contribution is -0.137. The Balaban J connectivity index is 1.81. The Morgan fingerprint density at radius 1 is 1.13 bits per heavy atom. The predicted octanol–water partition coefficient (Wildman–Crippen LogP) is 3.10. The van der Waals surface area contributed by atoms with Crippen molar-refractivity contribution in [3.63, 3.8) is 0 Å². The van der Waals surface area contributed by atoms with Gasteiger partial charge in [0, 0.05) is 11.8 Å². The normalized spacial score (nSPS) is 12.8. The first-order valence-corrected chi connectivity index (χ1v) is 10.1. The lowest BCUT2D eigenvalue weighted by Crippen LogP contribution is -2.43. The van der Waals surface area contributed by atoms with Gasteiger partial charge in [-0.05, 0) is 38.1 Å². The average molecular weight is 412 g/mol. The summed E-state index contributed by atoms with van der Waals surface area (Å²) in [6, 6.07) is 11.6. The number of benzene rings is 2. The molecule has 0 spiro atoms. The van der Waals surface area contributed by atoms with E-state index in [1.807, 2.05) is 36.4 Å². The molecular formula is C22H28N4O4. The van der Waals surface area contributed by atoms with Crippen LogP contribution < -0.4 is 10.8 Å². The highest BCUT2D eigenvalue weighted by atomic mass is 16.5. The number of rotatable bonds is 9. The number of aromatic amines is 1. The Kier molecular flexibility index (Phi) is 6.69. The minimum Gasteiger partial charge on any atom is -0.381 e. The molecule has 1 heterocycles. The SMILES string of the molecule is CC(C)(O)C(=O)N[C@@H](CCCCCC(=O)NO)c1nc2c(ccc3ccccc32)[nH]1. The van der Waals surface area contributed by atoms with Crippen molar-refractivity contribution in [2.45, 2.75) is 57.6 Å². The number of aliphatic hydroxyl groups is 1. The van der Waals surface area contributed by atoms with Crippen LogP contribution in [0.4, 0.5) is 0 Å². The van der Waals surface area contributed by atoms with E-state index < -0.39 is 23.5 Å². The Labute approximate surface area is 174 Å². The zero-order chi connectivity index (χ0) is 21.7. The number of carbonyl (C=O) groups excluding carboxylic acids is 2. The van der Waals surface area contributed by atoms with Gasteiger partial charge < -0.3 is 15.4 Å². The van der Waals surface area contributed by atoms with Crippen LogP contribution in [-0.2, 0) is 9.59 Å². The predicted molar refractivity (Wildman–Crippen MR) is 114 cm³/mol. The highest BCUT2D eigenvalue weighted by Gasteiger charge is 2.28. The van der Waals surface area contributed by atoms with Crippen molar-refractivity contribution in [1.29, 1.82) is 0 Å². The molecule has 1 atom stereocenters. The number of fused-ring (bicyclic) bond motifs is 3. The van der Waals surface area contributed by atoms with Crippen LogP contribution in [0.5, 0.6) is 0 Å². The second-order valence-corrected chi connectivity index (χ2v) is 8.02. The molecule has 0 unspecified atom stereocenters. The van der Waals surface area contributed by atoms with Crippen molar-refractivity contribution in [3.8, 4) is 0 Å². The van der Waals surface area contributed by atoms with Gasteiger partial charge in [0.1, 0.15) is 11.4 Å². The van der Waals surface area contributed by atoms with E-state index in [9.17, 15) is 14.7 Å². The molecule has 5 N–H and O–H groups in total. The number of amides is 2. The zero-order valence-electron chi connectivity index (χ0n) is 17.2. The van der Waals surface area contributed by atoms with Gasteiger partial charge in [-0.3, -0.25) is 14.8 Å². The Morgan fingerprint density at radius 3 is 2.63 bits per heavy atom. The molecule has 2 amide bonds. The summed E-state index contributed by atoms with van der Waals surface area (Å²) in [4.78, 5) is 31.6. The van der Waals surface area contributed by atoms with E-state index in [1.54, 1.807) is 5.48 Å². The van der Waals surface area contributed by atoms with E-state index in [2.05, 4.69) is 10.3 Å². The van der Waals surface area contributed by atoms with Gasteiger partial charge in [0.15, 0.2) is 0 Å². The first-order chi connectivity index (χ1) is 14.3. The Bertz CT molecular complexity index is 1040. The molecule has 30 heavy (non-hydrogen) atoms. The maximum atomic E-state index is 12.4. The van der Waals surface area contributed by atoms with Gasteiger partial charge in [-0.2, -0.15) is 0 Å². The molecule has 0 aliphatic heterocycles. The number of unbranched alkanes of at least 4 members (excludes halogenated alkanes) is 2. The minimum atomic E-state index is -1.50. The van der Waals surface area contributed by atoms with E-state index >= 15 is 0 Å².